The maximum Gasteiger partial charge on any atom is 0.311 e. The van der Waals surface area contributed by atoms with Crippen molar-refractivity contribution in [2.45, 2.75) is 40.5 Å². The van der Waals surface area contributed by atoms with Crippen molar-refractivity contribution in [2.75, 3.05) is 6.54 Å². The van der Waals surface area contributed by atoms with Crippen LogP contribution in [0.15, 0.2) is 6.07 Å². The molecule has 1 heterocycles. The standard InChI is InChI=1S/C14H21N3O3/c1-5-14(6-2,13(19)20)8-15-12(18)11-7-9(3)16-17-10(11)4/h7H,5-6,8H2,1-4H3,(H,15,18)(H,19,20). The number of nitrogens with zero attached hydrogens (tertiary/aromatic N) is 2. The molecule has 0 bridgehead atoms. The van der Waals surface area contributed by atoms with E-state index < -0.39 is 11.4 Å². The van der Waals surface area contributed by atoms with Crippen molar-refractivity contribution in [1.82, 2.24) is 15.5 Å². The number of carbonyl (C=O) groups excluding carboxylic acids is 1. The fraction of sp³-hybridized carbons (Fsp3) is 0.571. The molecule has 6 nitrogen and oxygen atoms in total. The van der Waals surface area contributed by atoms with Crippen LogP contribution in [0.3, 0.4) is 0 Å². The SMILES string of the molecule is CCC(CC)(CNC(=O)c1cc(C)nnc1C)C(=O)O. The number of carbonyl (C=O) groups is 2. The van der Waals surface area contributed by atoms with Gasteiger partial charge in [0.25, 0.3) is 5.91 Å². The van der Waals surface area contributed by atoms with Gasteiger partial charge in [0.1, 0.15) is 0 Å². The van der Waals surface area contributed by atoms with Gasteiger partial charge in [0, 0.05) is 6.54 Å². The summed E-state index contributed by atoms with van der Waals surface area (Å²) in [5.41, 5.74) is 0.696. The first kappa shape index (κ1) is 16.1. The molecular weight excluding hydrogens is 258 g/mol. The minimum Gasteiger partial charge on any atom is -0.481 e. The Morgan fingerprint density at radius 2 is 1.85 bits per heavy atom. The number of rotatable bonds is 6. The Balaban J connectivity index is 2.86. The maximum atomic E-state index is 12.1. The van der Waals surface area contributed by atoms with Crippen molar-refractivity contribution in [3.05, 3.63) is 23.0 Å². The van der Waals surface area contributed by atoms with E-state index in [2.05, 4.69) is 15.5 Å². The van der Waals surface area contributed by atoms with Crippen molar-refractivity contribution in [3.63, 3.8) is 0 Å². The molecule has 0 aliphatic heterocycles. The van der Waals surface area contributed by atoms with Gasteiger partial charge >= 0.3 is 5.97 Å². The second-order valence-electron chi connectivity index (χ2n) is 4.96. The number of carboxylic acid groups (broad SMARTS) is 1. The average Bonchev–Trinajstić information content (AvgIpc) is 2.42. The molecule has 1 rings (SSSR count). The summed E-state index contributed by atoms with van der Waals surface area (Å²) in [5, 5.41) is 19.8. The quantitative estimate of drug-likeness (QED) is 0.827. The van der Waals surface area contributed by atoms with E-state index in [4.69, 9.17) is 0 Å². The van der Waals surface area contributed by atoms with Crippen molar-refractivity contribution >= 4 is 11.9 Å². The lowest BCUT2D eigenvalue weighted by molar-refractivity contribution is -0.149. The van der Waals surface area contributed by atoms with E-state index in [1.54, 1.807) is 19.9 Å². The van der Waals surface area contributed by atoms with Gasteiger partial charge in [-0.3, -0.25) is 9.59 Å². The van der Waals surface area contributed by atoms with E-state index in [9.17, 15) is 14.7 Å². The molecule has 6 heteroatoms. The van der Waals surface area contributed by atoms with Crippen LogP contribution >= 0.6 is 0 Å². The van der Waals surface area contributed by atoms with Crippen molar-refractivity contribution in [1.29, 1.82) is 0 Å². The van der Waals surface area contributed by atoms with E-state index >= 15 is 0 Å². The number of aromatic nitrogens is 2. The Morgan fingerprint density at radius 1 is 1.25 bits per heavy atom. The highest BCUT2D eigenvalue weighted by molar-refractivity contribution is 5.95. The Kier molecular flexibility index (Phi) is 5.19. The number of hydrogen-bond donors (Lipinski definition) is 2. The van der Waals surface area contributed by atoms with Gasteiger partial charge in [-0.2, -0.15) is 10.2 Å². The van der Waals surface area contributed by atoms with Gasteiger partial charge in [0.15, 0.2) is 0 Å². The van der Waals surface area contributed by atoms with Crippen LogP contribution in [0.1, 0.15) is 48.4 Å². The minimum atomic E-state index is -0.918. The number of carboxylic acids is 1. The first-order valence-corrected chi connectivity index (χ1v) is 6.68. The summed E-state index contributed by atoms with van der Waals surface area (Å²) in [5.74, 6) is -1.20. The number of hydrogen-bond acceptors (Lipinski definition) is 4. The molecule has 0 aromatic carbocycles. The van der Waals surface area contributed by atoms with E-state index in [1.807, 2.05) is 13.8 Å². The predicted molar refractivity (Wildman–Crippen MR) is 74.5 cm³/mol. The number of aryl methyl sites for hydroxylation is 2. The molecule has 20 heavy (non-hydrogen) atoms. The van der Waals surface area contributed by atoms with E-state index in [0.717, 1.165) is 0 Å². The Hall–Kier alpha value is -1.98. The minimum absolute atomic E-state index is 0.106. The summed E-state index contributed by atoms with van der Waals surface area (Å²) < 4.78 is 0. The van der Waals surface area contributed by atoms with Crippen LogP contribution < -0.4 is 5.32 Å². The highest BCUT2D eigenvalue weighted by atomic mass is 16.4. The lowest BCUT2D eigenvalue weighted by atomic mass is 9.82. The molecule has 0 aliphatic rings. The fourth-order valence-electron chi connectivity index (χ4n) is 2.00. The van der Waals surface area contributed by atoms with E-state index in [0.29, 0.717) is 29.8 Å². The summed E-state index contributed by atoms with van der Waals surface area (Å²) in [6.45, 7) is 7.18. The molecule has 2 N–H and O–H groups in total. The van der Waals surface area contributed by atoms with Crippen LogP contribution in [0.5, 0.6) is 0 Å². The molecule has 0 atom stereocenters. The summed E-state index contributed by atoms with van der Waals surface area (Å²) in [7, 11) is 0. The van der Waals surface area contributed by atoms with Crippen molar-refractivity contribution < 1.29 is 14.7 Å². The Labute approximate surface area is 118 Å². The molecule has 0 fully saturated rings. The largest absolute Gasteiger partial charge is 0.481 e. The lowest BCUT2D eigenvalue weighted by Crippen LogP contribution is -2.42. The van der Waals surface area contributed by atoms with Gasteiger partial charge in [-0.1, -0.05) is 13.8 Å². The first-order chi connectivity index (χ1) is 9.36. The van der Waals surface area contributed by atoms with E-state index in [-0.39, 0.29) is 12.5 Å². The zero-order valence-corrected chi connectivity index (χ0v) is 12.4. The number of nitrogens with one attached hydrogen (secondary N) is 1. The van der Waals surface area contributed by atoms with Gasteiger partial charge in [0.05, 0.1) is 22.4 Å². The normalized spacial score (nSPS) is 11.2. The van der Waals surface area contributed by atoms with Crippen LogP contribution in [0.25, 0.3) is 0 Å². The van der Waals surface area contributed by atoms with E-state index in [1.165, 1.54) is 0 Å². The van der Waals surface area contributed by atoms with Crippen LogP contribution in [0.2, 0.25) is 0 Å². The van der Waals surface area contributed by atoms with Gasteiger partial charge < -0.3 is 10.4 Å². The molecule has 0 saturated carbocycles. The zero-order chi connectivity index (χ0) is 15.3. The number of amides is 1. The first-order valence-electron chi connectivity index (χ1n) is 6.68. The van der Waals surface area contributed by atoms with Crippen LogP contribution in [-0.4, -0.2) is 33.7 Å². The molecule has 0 unspecified atom stereocenters. The molecule has 1 aromatic heterocycles. The Bertz CT molecular complexity index is 510. The molecule has 110 valence electrons. The van der Waals surface area contributed by atoms with Gasteiger partial charge in [0.2, 0.25) is 0 Å². The average molecular weight is 279 g/mol. The highest BCUT2D eigenvalue weighted by Gasteiger charge is 2.35. The monoisotopic (exact) mass is 279 g/mol. The number of aliphatic carboxylic acids is 1. The smallest absolute Gasteiger partial charge is 0.311 e. The van der Waals surface area contributed by atoms with Gasteiger partial charge in [-0.25, -0.2) is 0 Å². The Morgan fingerprint density at radius 3 is 2.35 bits per heavy atom. The summed E-state index contributed by atoms with van der Waals surface area (Å²) >= 11 is 0. The second-order valence-corrected chi connectivity index (χ2v) is 4.96. The lowest BCUT2D eigenvalue weighted by Gasteiger charge is -2.26. The summed E-state index contributed by atoms with van der Waals surface area (Å²) in [6, 6.07) is 1.65. The summed E-state index contributed by atoms with van der Waals surface area (Å²) in [6.07, 6.45) is 0.928. The predicted octanol–water partition coefficient (Wildman–Crippen LogP) is 1.71. The third-order valence-corrected chi connectivity index (χ3v) is 3.74. The summed E-state index contributed by atoms with van der Waals surface area (Å²) in [4.78, 5) is 23.5. The third kappa shape index (κ3) is 3.31. The molecule has 0 saturated heterocycles. The molecule has 0 radical (unpaired) electrons. The van der Waals surface area contributed by atoms with Crippen LogP contribution in [-0.2, 0) is 4.79 Å². The fourth-order valence-corrected chi connectivity index (χ4v) is 2.00. The maximum absolute atomic E-state index is 12.1. The van der Waals surface area contributed by atoms with Crippen molar-refractivity contribution in [2.24, 2.45) is 5.41 Å². The second kappa shape index (κ2) is 6.45. The zero-order valence-electron chi connectivity index (χ0n) is 12.4. The van der Waals surface area contributed by atoms with Gasteiger partial charge in [-0.05, 0) is 32.8 Å². The molecule has 0 spiro atoms. The molecule has 1 amide bonds. The van der Waals surface area contributed by atoms with Gasteiger partial charge in [-0.15, -0.1) is 0 Å². The topological polar surface area (TPSA) is 92.2 Å². The molecular formula is C14H21N3O3. The van der Waals surface area contributed by atoms with Crippen LogP contribution in [0, 0.1) is 19.3 Å². The molecule has 0 aliphatic carbocycles. The van der Waals surface area contributed by atoms with Crippen LogP contribution in [0.4, 0.5) is 0 Å². The third-order valence-electron chi connectivity index (χ3n) is 3.74. The van der Waals surface area contributed by atoms with Crippen molar-refractivity contribution in [3.8, 4) is 0 Å². The molecule has 1 aromatic rings. The highest BCUT2D eigenvalue weighted by Crippen LogP contribution is 2.25.